The zero-order valence-electron chi connectivity index (χ0n) is 11.4. The second-order valence-electron chi connectivity index (χ2n) is 4.80. The summed E-state index contributed by atoms with van der Waals surface area (Å²) in [6.07, 6.45) is 6.12. The highest BCUT2D eigenvalue weighted by Crippen LogP contribution is 2.31. The van der Waals surface area contributed by atoms with Gasteiger partial charge in [0.2, 0.25) is 0 Å². The molecule has 0 aliphatic carbocycles. The van der Waals surface area contributed by atoms with E-state index in [-0.39, 0.29) is 11.7 Å². The van der Waals surface area contributed by atoms with E-state index in [1.807, 2.05) is 22.9 Å². The van der Waals surface area contributed by atoms with E-state index < -0.39 is 4.92 Å². The lowest BCUT2D eigenvalue weighted by atomic mass is 10.0. The lowest BCUT2D eigenvalue weighted by Crippen LogP contribution is -2.10. The number of nitro groups is 1. The van der Waals surface area contributed by atoms with Crippen molar-refractivity contribution in [3.63, 3.8) is 0 Å². The Morgan fingerprint density at radius 3 is 2.59 bits per heavy atom. The van der Waals surface area contributed by atoms with Crippen LogP contribution in [0.5, 0.6) is 0 Å². The number of benzene rings is 1. The summed E-state index contributed by atoms with van der Waals surface area (Å²) in [7, 11) is 0. The molecule has 0 saturated heterocycles. The smallest absolute Gasteiger partial charge is 0.269 e. The molecule has 22 heavy (non-hydrogen) atoms. The van der Waals surface area contributed by atoms with E-state index >= 15 is 0 Å². The Balaban J connectivity index is 1.88. The number of nitrogens with zero attached hydrogens (tertiary/aromatic N) is 3. The van der Waals surface area contributed by atoms with Crippen molar-refractivity contribution in [2.75, 3.05) is 0 Å². The van der Waals surface area contributed by atoms with Gasteiger partial charge in [-0.1, -0.05) is 23.7 Å². The van der Waals surface area contributed by atoms with Crippen LogP contribution in [0.25, 0.3) is 0 Å². The molecule has 0 spiro atoms. The van der Waals surface area contributed by atoms with E-state index in [0.29, 0.717) is 6.42 Å². The van der Waals surface area contributed by atoms with Crippen molar-refractivity contribution in [3.8, 4) is 0 Å². The number of rotatable bonds is 5. The highest BCUT2D eigenvalue weighted by Gasteiger charge is 2.17. The molecule has 2 aromatic heterocycles. The Bertz CT molecular complexity index is 768. The molecule has 3 aromatic rings. The summed E-state index contributed by atoms with van der Waals surface area (Å²) < 4.78 is 2.76. The van der Waals surface area contributed by atoms with Crippen LogP contribution < -0.4 is 0 Å². The van der Waals surface area contributed by atoms with Gasteiger partial charge < -0.3 is 4.57 Å². The molecule has 0 aliphatic rings. The minimum absolute atomic E-state index is 0.0708. The lowest BCUT2D eigenvalue weighted by Gasteiger charge is -2.17. The third-order valence-corrected chi connectivity index (χ3v) is 4.72. The molecule has 0 fully saturated rings. The average molecular weight is 334 g/mol. The van der Waals surface area contributed by atoms with Gasteiger partial charge in [0.15, 0.2) is 0 Å². The van der Waals surface area contributed by atoms with Crippen LogP contribution in [0.1, 0.15) is 16.5 Å². The van der Waals surface area contributed by atoms with Gasteiger partial charge in [-0.15, -0.1) is 11.3 Å². The first-order chi connectivity index (χ1) is 10.6. The zero-order valence-corrected chi connectivity index (χ0v) is 13.0. The Morgan fingerprint density at radius 1 is 1.27 bits per heavy atom. The normalized spacial score (nSPS) is 12.2. The summed E-state index contributed by atoms with van der Waals surface area (Å²) in [5.41, 5.74) is 1.12. The van der Waals surface area contributed by atoms with Crippen LogP contribution in [0.15, 0.2) is 55.1 Å². The van der Waals surface area contributed by atoms with E-state index in [9.17, 15) is 10.1 Å². The van der Waals surface area contributed by atoms with Crippen molar-refractivity contribution in [3.05, 3.63) is 80.0 Å². The molecule has 5 nitrogen and oxygen atoms in total. The number of non-ortho nitro benzene ring substituents is 1. The number of nitro benzene ring substituents is 1. The molecule has 0 aliphatic heterocycles. The predicted molar refractivity (Wildman–Crippen MR) is 86.5 cm³/mol. The van der Waals surface area contributed by atoms with Gasteiger partial charge in [0.05, 0.1) is 21.6 Å². The Hall–Kier alpha value is -2.18. The van der Waals surface area contributed by atoms with Crippen molar-refractivity contribution < 1.29 is 4.92 Å². The molecular weight excluding hydrogens is 322 g/mol. The maximum absolute atomic E-state index is 10.7. The summed E-state index contributed by atoms with van der Waals surface area (Å²) in [4.78, 5) is 15.6. The molecule has 0 amide bonds. The fraction of sp³-hybridized carbons (Fsp3) is 0.133. The van der Waals surface area contributed by atoms with Crippen molar-refractivity contribution >= 4 is 28.6 Å². The number of imidazole rings is 1. The van der Waals surface area contributed by atoms with Crippen LogP contribution in [-0.4, -0.2) is 14.5 Å². The van der Waals surface area contributed by atoms with Gasteiger partial charge in [-0.25, -0.2) is 4.98 Å². The molecule has 0 saturated carbocycles. The molecule has 1 unspecified atom stereocenters. The number of hydrogen-bond donors (Lipinski definition) is 0. The average Bonchev–Trinajstić information content (AvgIpc) is 3.17. The largest absolute Gasteiger partial charge is 0.329 e. The number of thiophene rings is 1. The van der Waals surface area contributed by atoms with Crippen LogP contribution >= 0.6 is 22.9 Å². The first kappa shape index (κ1) is 14.7. The molecule has 0 N–H and O–H groups in total. The van der Waals surface area contributed by atoms with E-state index in [1.165, 1.54) is 23.5 Å². The Morgan fingerprint density at radius 2 is 2.05 bits per heavy atom. The molecule has 1 aromatic carbocycles. The second kappa shape index (κ2) is 6.29. The first-order valence-electron chi connectivity index (χ1n) is 6.59. The Kier molecular flexibility index (Phi) is 4.22. The predicted octanol–water partition coefficient (Wildman–Crippen LogP) is 4.34. The SMILES string of the molecule is O=[N+]([O-])c1ccc(CC(c2ccc(Cl)s2)n2ccnc2)cc1. The van der Waals surface area contributed by atoms with Gasteiger partial charge in [0.1, 0.15) is 0 Å². The zero-order chi connectivity index (χ0) is 15.5. The lowest BCUT2D eigenvalue weighted by molar-refractivity contribution is -0.384. The van der Waals surface area contributed by atoms with E-state index in [4.69, 9.17) is 11.6 Å². The van der Waals surface area contributed by atoms with Crippen LogP contribution in [-0.2, 0) is 6.42 Å². The Labute approximate surface area is 136 Å². The highest BCUT2D eigenvalue weighted by molar-refractivity contribution is 7.16. The summed E-state index contributed by atoms with van der Waals surface area (Å²) >= 11 is 7.57. The maximum atomic E-state index is 10.7. The van der Waals surface area contributed by atoms with Crippen molar-refractivity contribution in [2.45, 2.75) is 12.5 Å². The fourth-order valence-electron chi connectivity index (χ4n) is 2.29. The highest BCUT2D eigenvalue weighted by atomic mass is 35.5. The third kappa shape index (κ3) is 3.18. The first-order valence-corrected chi connectivity index (χ1v) is 7.79. The quantitative estimate of drug-likeness (QED) is 0.515. The van der Waals surface area contributed by atoms with E-state index in [0.717, 1.165) is 14.8 Å². The minimum atomic E-state index is -0.393. The molecular formula is C15H12ClN3O2S. The minimum Gasteiger partial charge on any atom is -0.329 e. The molecule has 112 valence electrons. The monoisotopic (exact) mass is 333 g/mol. The molecule has 7 heteroatoms. The second-order valence-corrected chi connectivity index (χ2v) is 6.54. The summed E-state index contributed by atoms with van der Waals surface area (Å²) in [5, 5.41) is 10.7. The number of aromatic nitrogens is 2. The third-order valence-electron chi connectivity index (χ3n) is 3.38. The molecule has 1 atom stereocenters. The maximum Gasteiger partial charge on any atom is 0.269 e. The van der Waals surface area contributed by atoms with E-state index in [1.54, 1.807) is 24.7 Å². The number of halogens is 1. The van der Waals surface area contributed by atoms with Gasteiger partial charge in [-0.05, 0) is 24.1 Å². The molecule has 3 rings (SSSR count). The standard InChI is InChI=1S/C15H12ClN3O2S/c16-15-6-5-14(22-15)13(18-8-7-17-10-18)9-11-1-3-12(4-2-11)19(20)21/h1-8,10,13H,9H2. The van der Waals surface area contributed by atoms with Gasteiger partial charge in [-0.3, -0.25) is 10.1 Å². The van der Waals surface area contributed by atoms with Gasteiger partial charge >= 0.3 is 0 Å². The number of hydrogen-bond acceptors (Lipinski definition) is 4. The van der Waals surface area contributed by atoms with Crippen molar-refractivity contribution in [1.82, 2.24) is 9.55 Å². The molecule has 2 heterocycles. The van der Waals surface area contributed by atoms with Crippen LogP contribution in [0.2, 0.25) is 4.34 Å². The van der Waals surface area contributed by atoms with Crippen LogP contribution in [0, 0.1) is 10.1 Å². The van der Waals surface area contributed by atoms with Gasteiger partial charge in [0.25, 0.3) is 5.69 Å². The van der Waals surface area contributed by atoms with Crippen LogP contribution in [0.4, 0.5) is 5.69 Å². The van der Waals surface area contributed by atoms with Crippen LogP contribution in [0.3, 0.4) is 0 Å². The summed E-state index contributed by atoms with van der Waals surface area (Å²) in [6, 6.07) is 10.6. The fourth-order valence-corrected chi connectivity index (χ4v) is 3.46. The van der Waals surface area contributed by atoms with Gasteiger partial charge in [0, 0.05) is 29.4 Å². The summed E-state index contributed by atoms with van der Waals surface area (Å²) in [5.74, 6) is 0. The topological polar surface area (TPSA) is 61.0 Å². The molecule has 0 bridgehead atoms. The van der Waals surface area contributed by atoms with Gasteiger partial charge in [-0.2, -0.15) is 0 Å². The summed E-state index contributed by atoms with van der Waals surface area (Å²) in [6.45, 7) is 0. The van der Waals surface area contributed by atoms with E-state index in [2.05, 4.69) is 4.98 Å². The van der Waals surface area contributed by atoms with Crippen molar-refractivity contribution in [2.24, 2.45) is 0 Å². The molecule has 0 radical (unpaired) electrons. The van der Waals surface area contributed by atoms with Crippen molar-refractivity contribution in [1.29, 1.82) is 0 Å².